The number of nitrogens with two attached hydrogens (primary N) is 1. The van der Waals surface area contributed by atoms with Crippen molar-refractivity contribution in [1.29, 1.82) is 0 Å². The Morgan fingerprint density at radius 1 is 1.40 bits per heavy atom. The topological polar surface area (TPSA) is 63.3 Å². The largest absolute Gasteiger partial charge is 0.481 e. The molecule has 1 fully saturated rings. The van der Waals surface area contributed by atoms with Gasteiger partial charge in [0.05, 0.1) is 5.41 Å². The zero-order valence-corrected chi connectivity index (χ0v) is 9.70. The average Bonchev–Trinajstić information content (AvgIpc) is 2.98. The van der Waals surface area contributed by atoms with Crippen LogP contribution in [0.5, 0.6) is 0 Å². The van der Waals surface area contributed by atoms with Gasteiger partial charge in [-0.1, -0.05) is 28.1 Å². The molecule has 0 saturated heterocycles. The van der Waals surface area contributed by atoms with Gasteiger partial charge in [-0.15, -0.1) is 0 Å². The minimum atomic E-state index is -0.780. The van der Waals surface area contributed by atoms with Gasteiger partial charge in [0.2, 0.25) is 0 Å². The van der Waals surface area contributed by atoms with Crippen LogP contribution in [0.2, 0.25) is 0 Å². The van der Waals surface area contributed by atoms with Crippen LogP contribution in [0.15, 0.2) is 28.7 Å². The van der Waals surface area contributed by atoms with E-state index in [1.54, 1.807) is 0 Å². The molecule has 0 amide bonds. The number of halogens is 1. The van der Waals surface area contributed by atoms with Gasteiger partial charge in [0.15, 0.2) is 0 Å². The highest BCUT2D eigenvalue weighted by molar-refractivity contribution is 9.10. The van der Waals surface area contributed by atoms with E-state index in [0.29, 0.717) is 12.8 Å². The van der Waals surface area contributed by atoms with Crippen molar-refractivity contribution in [2.45, 2.75) is 18.9 Å². The molecule has 1 saturated carbocycles. The summed E-state index contributed by atoms with van der Waals surface area (Å²) in [5, 5.41) is 9.10. The van der Waals surface area contributed by atoms with Crippen LogP contribution in [0.1, 0.15) is 24.4 Å². The molecule has 80 valence electrons. The van der Waals surface area contributed by atoms with Crippen molar-refractivity contribution in [3.8, 4) is 0 Å². The number of hydrogen-bond acceptors (Lipinski definition) is 2. The SMILES string of the molecule is NC(c1ccc(Br)cc1)C1(C(=O)O)CC1. The molecular formula is C11H12BrNO2. The predicted octanol–water partition coefficient (Wildman–Crippen LogP) is 2.31. The number of aliphatic carboxylic acids is 1. The van der Waals surface area contributed by atoms with Crippen molar-refractivity contribution in [3.05, 3.63) is 34.3 Å². The number of carbonyl (C=O) groups is 1. The number of rotatable bonds is 3. The second kappa shape index (κ2) is 3.61. The minimum absolute atomic E-state index is 0.400. The molecular weight excluding hydrogens is 258 g/mol. The Morgan fingerprint density at radius 3 is 2.33 bits per heavy atom. The fraction of sp³-hybridized carbons (Fsp3) is 0.364. The molecule has 0 radical (unpaired) electrons. The van der Waals surface area contributed by atoms with Crippen molar-refractivity contribution in [1.82, 2.24) is 0 Å². The summed E-state index contributed by atoms with van der Waals surface area (Å²) in [4.78, 5) is 11.1. The zero-order chi connectivity index (χ0) is 11.1. The lowest BCUT2D eigenvalue weighted by atomic mass is 9.91. The lowest BCUT2D eigenvalue weighted by molar-refractivity contribution is -0.144. The van der Waals surface area contributed by atoms with E-state index in [1.807, 2.05) is 24.3 Å². The van der Waals surface area contributed by atoms with E-state index in [2.05, 4.69) is 15.9 Å². The van der Waals surface area contributed by atoms with E-state index in [4.69, 9.17) is 10.8 Å². The summed E-state index contributed by atoms with van der Waals surface area (Å²) in [6, 6.07) is 7.11. The van der Waals surface area contributed by atoms with Crippen molar-refractivity contribution in [2.75, 3.05) is 0 Å². The van der Waals surface area contributed by atoms with Gasteiger partial charge >= 0.3 is 5.97 Å². The van der Waals surface area contributed by atoms with Crippen LogP contribution in [-0.2, 0) is 4.79 Å². The van der Waals surface area contributed by atoms with Gasteiger partial charge in [-0.3, -0.25) is 4.79 Å². The molecule has 1 unspecified atom stereocenters. The Labute approximate surface area is 96.4 Å². The van der Waals surface area contributed by atoms with E-state index >= 15 is 0 Å². The average molecular weight is 270 g/mol. The maximum atomic E-state index is 11.1. The van der Waals surface area contributed by atoms with Crippen molar-refractivity contribution >= 4 is 21.9 Å². The molecule has 3 N–H and O–H groups in total. The molecule has 1 atom stereocenters. The molecule has 1 aromatic rings. The van der Waals surface area contributed by atoms with Crippen LogP contribution in [0.3, 0.4) is 0 Å². The first kappa shape index (κ1) is 10.6. The molecule has 3 nitrogen and oxygen atoms in total. The highest BCUT2D eigenvalue weighted by Crippen LogP contribution is 2.54. The monoisotopic (exact) mass is 269 g/mol. The summed E-state index contributed by atoms with van der Waals surface area (Å²) in [5.74, 6) is -0.780. The highest BCUT2D eigenvalue weighted by atomic mass is 79.9. The third-order valence-electron chi connectivity index (χ3n) is 3.04. The highest BCUT2D eigenvalue weighted by Gasteiger charge is 2.55. The third-order valence-corrected chi connectivity index (χ3v) is 3.57. The summed E-state index contributed by atoms with van der Waals surface area (Å²) in [6.45, 7) is 0. The van der Waals surface area contributed by atoms with Crippen LogP contribution in [0.25, 0.3) is 0 Å². The van der Waals surface area contributed by atoms with E-state index in [9.17, 15) is 4.79 Å². The second-order valence-corrected chi connectivity index (χ2v) is 4.91. The maximum absolute atomic E-state index is 11.1. The Kier molecular flexibility index (Phi) is 2.56. The predicted molar refractivity (Wildman–Crippen MR) is 60.4 cm³/mol. The van der Waals surface area contributed by atoms with E-state index in [-0.39, 0.29) is 0 Å². The normalized spacial score (nSPS) is 19.6. The number of hydrogen-bond donors (Lipinski definition) is 2. The van der Waals surface area contributed by atoms with Crippen molar-refractivity contribution in [2.24, 2.45) is 11.1 Å². The Bertz CT molecular complexity index is 384. The molecule has 2 rings (SSSR count). The first-order valence-electron chi connectivity index (χ1n) is 4.81. The van der Waals surface area contributed by atoms with E-state index < -0.39 is 17.4 Å². The van der Waals surface area contributed by atoms with Crippen LogP contribution >= 0.6 is 15.9 Å². The van der Waals surface area contributed by atoms with Crippen LogP contribution in [-0.4, -0.2) is 11.1 Å². The lowest BCUT2D eigenvalue weighted by Gasteiger charge is -2.19. The summed E-state index contributed by atoms with van der Waals surface area (Å²) in [7, 11) is 0. The fourth-order valence-electron chi connectivity index (χ4n) is 1.78. The zero-order valence-electron chi connectivity index (χ0n) is 8.11. The molecule has 4 heteroatoms. The Morgan fingerprint density at radius 2 is 1.93 bits per heavy atom. The first-order chi connectivity index (χ1) is 7.06. The van der Waals surface area contributed by atoms with E-state index in [1.165, 1.54) is 0 Å². The van der Waals surface area contributed by atoms with Gasteiger partial charge in [-0.25, -0.2) is 0 Å². The quantitative estimate of drug-likeness (QED) is 0.885. The fourth-order valence-corrected chi connectivity index (χ4v) is 2.05. The molecule has 0 heterocycles. The molecule has 0 spiro atoms. The maximum Gasteiger partial charge on any atom is 0.311 e. The summed E-state index contributed by atoms with van der Waals surface area (Å²) >= 11 is 3.33. The molecule has 1 aliphatic rings. The number of carboxylic acids is 1. The summed E-state index contributed by atoms with van der Waals surface area (Å²) in [6.07, 6.45) is 1.36. The van der Waals surface area contributed by atoms with Gasteiger partial charge in [-0.2, -0.15) is 0 Å². The number of benzene rings is 1. The molecule has 0 bridgehead atoms. The lowest BCUT2D eigenvalue weighted by Crippen LogP contribution is -2.29. The molecule has 1 aliphatic carbocycles. The standard InChI is InChI=1S/C11H12BrNO2/c12-8-3-1-7(2-4-8)9(13)11(5-6-11)10(14)15/h1-4,9H,5-6,13H2,(H,14,15). The Hall–Kier alpha value is -0.870. The smallest absolute Gasteiger partial charge is 0.311 e. The van der Waals surface area contributed by atoms with Crippen molar-refractivity contribution in [3.63, 3.8) is 0 Å². The number of carboxylic acid groups (broad SMARTS) is 1. The summed E-state index contributed by atoms with van der Waals surface area (Å²) in [5.41, 5.74) is 6.16. The van der Waals surface area contributed by atoms with Gasteiger partial charge in [0, 0.05) is 10.5 Å². The van der Waals surface area contributed by atoms with Gasteiger partial charge < -0.3 is 10.8 Å². The van der Waals surface area contributed by atoms with E-state index in [0.717, 1.165) is 10.0 Å². The van der Waals surface area contributed by atoms with Crippen LogP contribution < -0.4 is 5.73 Å². The molecule has 0 aromatic heterocycles. The minimum Gasteiger partial charge on any atom is -0.481 e. The van der Waals surface area contributed by atoms with Gasteiger partial charge in [0.1, 0.15) is 0 Å². The molecule has 1 aromatic carbocycles. The molecule has 0 aliphatic heterocycles. The Balaban J connectivity index is 2.25. The summed E-state index contributed by atoms with van der Waals surface area (Å²) < 4.78 is 0.971. The second-order valence-electron chi connectivity index (χ2n) is 3.99. The van der Waals surface area contributed by atoms with Crippen molar-refractivity contribution < 1.29 is 9.90 Å². The third kappa shape index (κ3) is 1.79. The van der Waals surface area contributed by atoms with Gasteiger partial charge in [-0.05, 0) is 30.5 Å². The first-order valence-corrected chi connectivity index (χ1v) is 5.60. The van der Waals surface area contributed by atoms with Crippen LogP contribution in [0.4, 0.5) is 0 Å². The van der Waals surface area contributed by atoms with Gasteiger partial charge in [0.25, 0.3) is 0 Å². The van der Waals surface area contributed by atoms with Crippen LogP contribution in [0, 0.1) is 5.41 Å². The molecule has 15 heavy (non-hydrogen) atoms.